The SMILES string of the molecule is Cc1c(/C=N\NC(=O)c2ccc(C(C)(C)C)cc2)c2ccccc2n1Cc1ccccc1Cl. The summed E-state index contributed by atoms with van der Waals surface area (Å²) in [5.74, 6) is -0.232. The van der Waals surface area contributed by atoms with Gasteiger partial charge >= 0.3 is 0 Å². The van der Waals surface area contributed by atoms with Gasteiger partial charge in [-0.1, -0.05) is 80.9 Å². The third-order valence-electron chi connectivity index (χ3n) is 5.94. The Morgan fingerprint density at radius 3 is 2.36 bits per heavy atom. The van der Waals surface area contributed by atoms with Gasteiger partial charge in [-0.2, -0.15) is 5.10 Å². The Kier molecular flexibility index (Phi) is 6.39. The third-order valence-corrected chi connectivity index (χ3v) is 6.31. The van der Waals surface area contributed by atoms with Crippen LogP contribution in [0.3, 0.4) is 0 Å². The van der Waals surface area contributed by atoms with Gasteiger partial charge in [0, 0.05) is 39.3 Å². The number of hydrogen-bond acceptors (Lipinski definition) is 2. The van der Waals surface area contributed by atoms with E-state index in [1.165, 1.54) is 5.56 Å². The predicted molar refractivity (Wildman–Crippen MR) is 137 cm³/mol. The first-order chi connectivity index (χ1) is 15.8. The molecule has 0 unspecified atom stereocenters. The third kappa shape index (κ3) is 4.86. The smallest absolute Gasteiger partial charge is 0.271 e. The quantitative estimate of drug-likeness (QED) is 0.262. The van der Waals surface area contributed by atoms with Crippen molar-refractivity contribution in [3.63, 3.8) is 0 Å². The number of carbonyl (C=O) groups is 1. The molecular weight excluding hydrogens is 430 g/mol. The van der Waals surface area contributed by atoms with E-state index in [0.29, 0.717) is 12.1 Å². The van der Waals surface area contributed by atoms with Crippen LogP contribution in [-0.4, -0.2) is 16.7 Å². The minimum atomic E-state index is -0.232. The Hall–Kier alpha value is -3.37. The highest BCUT2D eigenvalue weighted by Gasteiger charge is 2.15. The van der Waals surface area contributed by atoms with Crippen LogP contribution in [0.1, 0.15) is 53.5 Å². The van der Waals surface area contributed by atoms with E-state index in [9.17, 15) is 4.79 Å². The molecule has 1 heterocycles. The fourth-order valence-corrected chi connectivity index (χ4v) is 4.16. The van der Waals surface area contributed by atoms with Gasteiger partial charge in [0.2, 0.25) is 0 Å². The van der Waals surface area contributed by atoms with Crippen LogP contribution in [0, 0.1) is 6.92 Å². The molecule has 33 heavy (non-hydrogen) atoms. The Balaban J connectivity index is 1.58. The van der Waals surface area contributed by atoms with E-state index in [0.717, 1.165) is 32.7 Å². The molecule has 4 nitrogen and oxygen atoms in total. The molecule has 0 bridgehead atoms. The second-order valence-electron chi connectivity index (χ2n) is 9.22. The molecule has 168 valence electrons. The number of hydrogen-bond donors (Lipinski definition) is 1. The number of fused-ring (bicyclic) bond motifs is 1. The van der Waals surface area contributed by atoms with Gasteiger partial charge in [0.15, 0.2) is 0 Å². The van der Waals surface area contributed by atoms with Crippen molar-refractivity contribution >= 4 is 34.6 Å². The van der Waals surface area contributed by atoms with Crippen LogP contribution in [0.2, 0.25) is 5.02 Å². The number of hydrazone groups is 1. The van der Waals surface area contributed by atoms with Gasteiger partial charge in [-0.25, -0.2) is 5.43 Å². The van der Waals surface area contributed by atoms with E-state index < -0.39 is 0 Å². The van der Waals surface area contributed by atoms with Crippen molar-refractivity contribution in [2.75, 3.05) is 0 Å². The van der Waals surface area contributed by atoms with Crippen molar-refractivity contribution in [1.82, 2.24) is 9.99 Å². The fourth-order valence-electron chi connectivity index (χ4n) is 3.96. The Morgan fingerprint density at radius 1 is 1.00 bits per heavy atom. The molecule has 4 rings (SSSR count). The second-order valence-corrected chi connectivity index (χ2v) is 9.63. The minimum Gasteiger partial charge on any atom is -0.340 e. The Labute approximate surface area is 199 Å². The number of aromatic nitrogens is 1. The van der Waals surface area contributed by atoms with Gasteiger partial charge in [0.25, 0.3) is 5.91 Å². The second kappa shape index (κ2) is 9.24. The van der Waals surface area contributed by atoms with Crippen molar-refractivity contribution in [2.45, 2.75) is 39.7 Å². The zero-order valence-electron chi connectivity index (χ0n) is 19.4. The molecule has 0 radical (unpaired) electrons. The number of nitrogens with one attached hydrogen (secondary N) is 1. The predicted octanol–water partition coefficient (Wildman–Crippen LogP) is 6.71. The van der Waals surface area contributed by atoms with Crippen molar-refractivity contribution < 1.29 is 4.79 Å². The molecule has 3 aromatic carbocycles. The van der Waals surface area contributed by atoms with Crippen LogP contribution in [0.5, 0.6) is 0 Å². The maximum Gasteiger partial charge on any atom is 0.271 e. The minimum absolute atomic E-state index is 0.0445. The average molecular weight is 458 g/mol. The lowest BCUT2D eigenvalue weighted by Crippen LogP contribution is -2.18. The van der Waals surface area contributed by atoms with Crippen molar-refractivity contribution in [1.29, 1.82) is 0 Å². The van der Waals surface area contributed by atoms with Gasteiger partial charge in [0.05, 0.1) is 6.21 Å². The Morgan fingerprint density at radius 2 is 1.67 bits per heavy atom. The lowest BCUT2D eigenvalue weighted by atomic mass is 9.87. The summed E-state index contributed by atoms with van der Waals surface area (Å²) in [4.78, 5) is 12.6. The highest BCUT2D eigenvalue weighted by molar-refractivity contribution is 6.31. The molecule has 0 spiro atoms. The number of rotatable bonds is 5. The van der Waals surface area contributed by atoms with E-state index in [2.05, 4.69) is 54.9 Å². The fraction of sp³-hybridized carbons (Fsp3) is 0.214. The molecule has 0 aliphatic carbocycles. The van der Waals surface area contributed by atoms with E-state index >= 15 is 0 Å². The number of nitrogens with zero attached hydrogens (tertiary/aromatic N) is 2. The molecule has 0 aliphatic heterocycles. The summed E-state index contributed by atoms with van der Waals surface area (Å²) in [5, 5.41) is 6.10. The van der Waals surface area contributed by atoms with Gasteiger partial charge in [-0.05, 0) is 47.7 Å². The highest BCUT2D eigenvalue weighted by Crippen LogP contribution is 2.27. The largest absolute Gasteiger partial charge is 0.340 e. The van der Waals surface area contributed by atoms with Crippen LogP contribution in [-0.2, 0) is 12.0 Å². The van der Waals surface area contributed by atoms with Gasteiger partial charge < -0.3 is 4.57 Å². The normalized spacial score (nSPS) is 11.9. The lowest BCUT2D eigenvalue weighted by molar-refractivity contribution is 0.0955. The van der Waals surface area contributed by atoms with Gasteiger partial charge in [0.1, 0.15) is 0 Å². The molecule has 1 N–H and O–H groups in total. The lowest BCUT2D eigenvalue weighted by Gasteiger charge is -2.18. The molecule has 0 saturated carbocycles. The van der Waals surface area contributed by atoms with Gasteiger partial charge in [-0.3, -0.25) is 4.79 Å². The maximum atomic E-state index is 12.6. The first kappa shape index (κ1) is 22.8. The van der Waals surface area contributed by atoms with Gasteiger partial charge in [-0.15, -0.1) is 0 Å². The summed E-state index contributed by atoms with van der Waals surface area (Å²) in [5.41, 5.74) is 8.66. The molecule has 1 aromatic heterocycles. The van der Waals surface area contributed by atoms with E-state index in [4.69, 9.17) is 11.6 Å². The average Bonchev–Trinajstić information content (AvgIpc) is 3.06. The first-order valence-electron chi connectivity index (χ1n) is 11.0. The maximum absolute atomic E-state index is 12.6. The molecule has 5 heteroatoms. The molecular formula is C28H28ClN3O. The summed E-state index contributed by atoms with van der Waals surface area (Å²) in [6.45, 7) is 9.17. The standard InChI is InChI=1S/C28H28ClN3O/c1-19-24(17-30-31-27(33)20-13-15-22(16-14-20)28(2,3)4)23-10-6-8-12-26(23)32(19)18-21-9-5-7-11-25(21)29/h5-17H,18H2,1-4H3,(H,31,33)/b30-17-. The number of benzene rings is 3. The summed E-state index contributed by atoms with van der Waals surface area (Å²) in [6.07, 6.45) is 1.72. The van der Waals surface area contributed by atoms with Crippen molar-refractivity contribution in [3.05, 3.63) is 106 Å². The summed E-state index contributed by atoms with van der Waals surface area (Å²) < 4.78 is 2.23. The van der Waals surface area contributed by atoms with Crippen LogP contribution < -0.4 is 5.43 Å². The van der Waals surface area contributed by atoms with Crippen LogP contribution in [0.4, 0.5) is 0 Å². The summed E-state index contributed by atoms with van der Waals surface area (Å²) >= 11 is 6.41. The van der Waals surface area contributed by atoms with Crippen molar-refractivity contribution in [2.24, 2.45) is 5.10 Å². The van der Waals surface area contributed by atoms with E-state index in [1.807, 2.05) is 60.7 Å². The number of carbonyl (C=O) groups excluding carboxylic acids is 1. The topological polar surface area (TPSA) is 46.4 Å². The molecule has 0 aliphatic rings. The Bertz CT molecular complexity index is 1330. The summed E-state index contributed by atoms with van der Waals surface area (Å²) in [6, 6.07) is 23.7. The number of halogens is 1. The van der Waals surface area contributed by atoms with Crippen LogP contribution in [0.25, 0.3) is 10.9 Å². The molecule has 4 aromatic rings. The van der Waals surface area contributed by atoms with Crippen LogP contribution >= 0.6 is 11.6 Å². The van der Waals surface area contributed by atoms with E-state index in [1.54, 1.807) is 6.21 Å². The van der Waals surface area contributed by atoms with Crippen molar-refractivity contribution in [3.8, 4) is 0 Å². The monoisotopic (exact) mass is 457 g/mol. The first-order valence-corrected chi connectivity index (χ1v) is 11.4. The zero-order chi connectivity index (χ0) is 23.6. The van der Waals surface area contributed by atoms with E-state index in [-0.39, 0.29) is 11.3 Å². The molecule has 0 saturated heterocycles. The van der Waals surface area contributed by atoms with Crippen LogP contribution in [0.15, 0.2) is 77.9 Å². The number of para-hydroxylation sites is 1. The number of amides is 1. The summed E-state index contributed by atoms with van der Waals surface area (Å²) in [7, 11) is 0. The molecule has 1 amide bonds. The molecule has 0 fully saturated rings. The molecule has 0 atom stereocenters. The zero-order valence-corrected chi connectivity index (χ0v) is 20.1. The highest BCUT2D eigenvalue weighted by atomic mass is 35.5.